The van der Waals surface area contributed by atoms with Gasteiger partial charge < -0.3 is 15.5 Å². The van der Waals surface area contributed by atoms with Crippen LogP contribution < -0.4 is 5.32 Å². The number of hydrogen-bond acceptors (Lipinski definition) is 3. The van der Waals surface area contributed by atoms with Gasteiger partial charge >= 0.3 is 0 Å². The summed E-state index contributed by atoms with van der Waals surface area (Å²) in [5.41, 5.74) is -0.547. The average molecular weight is 243 g/mol. The van der Waals surface area contributed by atoms with Crippen LogP contribution in [0.25, 0.3) is 0 Å². The third kappa shape index (κ3) is 3.94. The first-order chi connectivity index (χ1) is 7.91. The highest BCUT2D eigenvalue weighted by atomic mass is 16.3. The van der Waals surface area contributed by atoms with Gasteiger partial charge in [-0.05, 0) is 37.5 Å². The van der Waals surface area contributed by atoms with Gasteiger partial charge in [-0.25, -0.2) is 0 Å². The molecular formula is C14H29NO2. The Hall–Kier alpha value is -0.120. The van der Waals surface area contributed by atoms with Gasteiger partial charge in [0.05, 0.1) is 18.8 Å². The Morgan fingerprint density at radius 1 is 1.24 bits per heavy atom. The van der Waals surface area contributed by atoms with Gasteiger partial charge in [0.2, 0.25) is 0 Å². The van der Waals surface area contributed by atoms with Crippen molar-refractivity contribution in [1.82, 2.24) is 5.32 Å². The summed E-state index contributed by atoms with van der Waals surface area (Å²) < 4.78 is 0. The Morgan fingerprint density at radius 2 is 1.82 bits per heavy atom. The molecule has 0 radical (unpaired) electrons. The van der Waals surface area contributed by atoms with Crippen molar-refractivity contribution in [2.45, 2.75) is 58.5 Å². The standard InChI is InChI=1S/C14H29NO2/c1-10(2)12-6-5-11(3)7-13(12)15-14(4,8-16)9-17/h10-13,15-17H,5-9H2,1-4H3. The molecule has 0 aromatic rings. The van der Waals surface area contributed by atoms with Crippen LogP contribution in [0.5, 0.6) is 0 Å². The summed E-state index contributed by atoms with van der Waals surface area (Å²) in [5, 5.41) is 22.3. The van der Waals surface area contributed by atoms with Crippen LogP contribution in [0.1, 0.15) is 47.0 Å². The fourth-order valence-corrected chi connectivity index (χ4v) is 2.96. The van der Waals surface area contributed by atoms with Gasteiger partial charge in [0.25, 0.3) is 0 Å². The summed E-state index contributed by atoms with van der Waals surface area (Å²) in [6.07, 6.45) is 3.71. The summed E-state index contributed by atoms with van der Waals surface area (Å²) in [5.74, 6) is 2.05. The van der Waals surface area contributed by atoms with Crippen molar-refractivity contribution < 1.29 is 10.2 Å². The SMILES string of the molecule is CC1CCC(C(C)C)C(NC(C)(CO)CO)C1. The highest BCUT2D eigenvalue weighted by Crippen LogP contribution is 2.34. The zero-order valence-electron chi connectivity index (χ0n) is 11.7. The Labute approximate surface area is 106 Å². The van der Waals surface area contributed by atoms with E-state index in [2.05, 4.69) is 26.1 Å². The van der Waals surface area contributed by atoms with Crippen LogP contribution in [0.3, 0.4) is 0 Å². The van der Waals surface area contributed by atoms with Crippen molar-refractivity contribution >= 4 is 0 Å². The first-order valence-corrected chi connectivity index (χ1v) is 6.91. The van der Waals surface area contributed by atoms with Gasteiger partial charge in [0.1, 0.15) is 0 Å². The van der Waals surface area contributed by atoms with E-state index in [0.717, 1.165) is 12.3 Å². The summed E-state index contributed by atoms with van der Waals surface area (Å²) >= 11 is 0. The first-order valence-electron chi connectivity index (χ1n) is 6.91. The lowest BCUT2D eigenvalue weighted by Gasteiger charge is -2.42. The summed E-state index contributed by atoms with van der Waals surface area (Å²) in [7, 11) is 0. The Morgan fingerprint density at radius 3 is 2.29 bits per heavy atom. The molecule has 0 bridgehead atoms. The fourth-order valence-electron chi connectivity index (χ4n) is 2.96. The maximum atomic E-state index is 9.38. The van der Waals surface area contributed by atoms with Crippen LogP contribution in [0.15, 0.2) is 0 Å². The Kier molecular flexibility index (Phi) is 5.42. The minimum Gasteiger partial charge on any atom is -0.394 e. The molecule has 0 heterocycles. The lowest BCUT2D eigenvalue weighted by Crippen LogP contribution is -2.57. The quantitative estimate of drug-likeness (QED) is 0.690. The molecule has 102 valence electrons. The molecule has 1 aliphatic carbocycles. The highest BCUT2D eigenvalue weighted by molar-refractivity contribution is 4.92. The molecule has 1 saturated carbocycles. The third-order valence-electron chi connectivity index (χ3n) is 4.25. The molecule has 0 spiro atoms. The zero-order valence-corrected chi connectivity index (χ0v) is 11.7. The molecule has 1 fully saturated rings. The van der Waals surface area contributed by atoms with E-state index in [1.807, 2.05) is 6.92 Å². The highest BCUT2D eigenvalue weighted by Gasteiger charge is 2.35. The number of nitrogens with one attached hydrogen (secondary N) is 1. The van der Waals surface area contributed by atoms with Crippen molar-refractivity contribution in [1.29, 1.82) is 0 Å². The summed E-state index contributed by atoms with van der Waals surface area (Å²) in [6, 6.07) is 0.419. The molecule has 0 aromatic heterocycles. The Bertz CT molecular complexity index is 226. The Balaban J connectivity index is 2.69. The number of aliphatic hydroxyl groups excluding tert-OH is 2. The zero-order chi connectivity index (χ0) is 13.1. The molecule has 17 heavy (non-hydrogen) atoms. The lowest BCUT2D eigenvalue weighted by molar-refractivity contribution is 0.0618. The number of rotatable bonds is 5. The van der Waals surface area contributed by atoms with E-state index in [0.29, 0.717) is 17.9 Å². The van der Waals surface area contributed by atoms with E-state index in [1.165, 1.54) is 12.8 Å². The van der Waals surface area contributed by atoms with Gasteiger partial charge in [-0.15, -0.1) is 0 Å². The van der Waals surface area contributed by atoms with E-state index < -0.39 is 5.54 Å². The largest absolute Gasteiger partial charge is 0.394 e. The molecule has 0 saturated heterocycles. The van der Waals surface area contributed by atoms with Crippen molar-refractivity contribution in [3.8, 4) is 0 Å². The van der Waals surface area contributed by atoms with Crippen molar-refractivity contribution in [2.24, 2.45) is 17.8 Å². The maximum absolute atomic E-state index is 9.38. The van der Waals surface area contributed by atoms with Gasteiger partial charge in [0, 0.05) is 6.04 Å². The monoisotopic (exact) mass is 243 g/mol. The van der Waals surface area contributed by atoms with Crippen LogP contribution in [-0.2, 0) is 0 Å². The average Bonchev–Trinajstić information content (AvgIpc) is 2.28. The maximum Gasteiger partial charge on any atom is 0.0633 e. The second kappa shape index (κ2) is 6.17. The van der Waals surface area contributed by atoms with E-state index in [4.69, 9.17) is 0 Å². The fraction of sp³-hybridized carbons (Fsp3) is 1.00. The molecule has 1 aliphatic rings. The third-order valence-corrected chi connectivity index (χ3v) is 4.25. The molecule has 3 heteroatoms. The van der Waals surface area contributed by atoms with Gasteiger partial charge in [-0.1, -0.05) is 27.2 Å². The smallest absolute Gasteiger partial charge is 0.0633 e. The lowest BCUT2D eigenvalue weighted by atomic mass is 9.73. The van der Waals surface area contributed by atoms with E-state index >= 15 is 0 Å². The van der Waals surface area contributed by atoms with Crippen molar-refractivity contribution in [3.05, 3.63) is 0 Å². The van der Waals surface area contributed by atoms with E-state index in [9.17, 15) is 10.2 Å². The molecule has 0 aromatic carbocycles. The molecule has 1 rings (SSSR count). The topological polar surface area (TPSA) is 52.5 Å². The van der Waals surface area contributed by atoms with Crippen LogP contribution >= 0.6 is 0 Å². The van der Waals surface area contributed by atoms with Crippen LogP contribution in [0.4, 0.5) is 0 Å². The minimum atomic E-state index is -0.547. The molecule has 3 nitrogen and oxygen atoms in total. The predicted molar refractivity (Wildman–Crippen MR) is 70.8 cm³/mol. The second-order valence-corrected chi connectivity index (χ2v) is 6.45. The second-order valence-electron chi connectivity index (χ2n) is 6.45. The summed E-state index contributed by atoms with van der Waals surface area (Å²) in [4.78, 5) is 0. The minimum absolute atomic E-state index is 0.0147. The molecular weight excluding hydrogens is 214 g/mol. The normalized spacial score (nSPS) is 30.9. The van der Waals surface area contributed by atoms with Crippen LogP contribution in [0.2, 0.25) is 0 Å². The molecule has 0 aliphatic heterocycles. The summed E-state index contributed by atoms with van der Waals surface area (Å²) in [6.45, 7) is 8.69. The van der Waals surface area contributed by atoms with Gasteiger partial charge in [-0.3, -0.25) is 0 Å². The number of aliphatic hydroxyl groups is 2. The van der Waals surface area contributed by atoms with E-state index in [1.54, 1.807) is 0 Å². The first kappa shape index (κ1) is 14.9. The molecule has 0 amide bonds. The predicted octanol–water partition coefficient (Wildman–Crippen LogP) is 1.78. The molecule has 3 unspecified atom stereocenters. The van der Waals surface area contributed by atoms with Crippen LogP contribution in [0, 0.1) is 17.8 Å². The van der Waals surface area contributed by atoms with Crippen molar-refractivity contribution in [2.75, 3.05) is 13.2 Å². The van der Waals surface area contributed by atoms with Crippen LogP contribution in [-0.4, -0.2) is 35.0 Å². The van der Waals surface area contributed by atoms with E-state index in [-0.39, 0.29) is 13.2 Å². The van der Waals surface area contributed by atoms with Gasteiger partial charge in [-0.2, -0.15) is 0 Å². The number of hydrogen-bond donors (Lipinski definition) is 3. The van der Waals surface area contributed by atoms with Crippen molar-refractivity contribution in [3.63, 3.8) is 0 Å². The molecule has 3 N–H and O–H groups in total. The van der Waals surface area contributed by atoms with Gasteiger partial charge in [0.15, 0.2) is 0 Å². The molecule has 3 atom stereocenters.